The molecule has 134 valence electrons. The molecule has 1 aromatic heterocycles. The van der Waals surface area contributed by atoms with Crippen molar-refractivity contribution in [2.45, 2.75) is 16.4 Å². The number of halogens is 3. The summed E-state index contributed by atoms with van der Waals surface area (Å²) in [6.45, 7) is 1.67. The normalized spacial score (nSPS) is 22.9. The predicted molar refractivity (Wildman–Crippen MR) is 103 cm³/mol. The molecule has 1 aliphatic heterocycles. The van der Waals surface area contributed by atoms with E-state index in [-0.39, 0.29) is 27.9 Å². The first-order valence-corrected chi connectivity index (χ1v) is 9.59. The number of rotatable bonds is 2. The van der Waals surface area contributed by atoms with Gasteiger partial charge in [-0.3, -0.25) is 15.1 Å². The van der Waals surface area contributed by atoms with Gasteiger partial charge in [0.25, 0.3) is 0 Å². The zero-order valence-corrected chi connectivity index (χ0v) is 16.7. The topological polar surface area (TPSA) is 80.0 Å². The Kier molecular flexibility index (Phi) is 4.74. The van der Waals surface area contributed by atoms with Crippen LogP contribution in [0, 0.1) is 28.4 Å². The van der Waals surface area contributed by atoms with Crippen molar-refractivity contribution >= 4 is 45.8 Å². The highest BCUT2D eigenvalue weighted by molar-refractivity contribution is 14.1. The van der Waals surface area contributed by atoms with Crippen molar-refractivity contribution in [1.82, 2.24) is 10.2 Å². The van der Waals surface area contributed by atoms with Crippen molar-refractivity contribution in [3.8, 4) is 17.2 Å². The van der Waals surface area contributed by atoms with E-state index in [1.165, 1.54) is 24.1 Å². The summed E-state index contributed by atoms with van der Waals surface area (Å²) < 4.78 is 28.1. The second-order valence-electron chi connectivity index (χ2n) is 6.03. The van der Waals surface area contributed by atoms with Crippen molar-refractivity contribution in [2.24, 2.45) is 0 Å². The molecule has 1 saturated heterocycles. The summed E-state index contributed by atoms with van der Waals surface area (Å²) in [7, 11) is 1.49. The summed E-state index contributed by atoms with van der Waals surface area (Å²) in [5, 5.41) is 21.4. The molecule has 0 bridgehead atoms. The van der Waals surface area contributed by atoms with Crippen molar-refractivity contribution in [2.75, 3.05) is 7.05 Å². The van der Waals surface area contributed by atoms with E-state index < -0.39 is 21.1 Å². The SMILES string of the molecule is CN1C(=N)N[C@](C)(c2scc(-c3ccc(F)c(C#N)c3)c2F)[C@@H](I)C1=O. The van der Waals surface area contributed by atoms with Gasteiger partial charge in [-0.05, 0) is 24.6 Å². The minimum Gasteiger partial charge on any atom is -0.344 e. The average Bonchev–Trinajstić information content (AvgIpc) is 3.01. The van der Waals surface area contributed by atoms with E-state index in [9.17, 15) is 9.18 Å². The van der Waals surface area contributed by atoms with Crippen LogP contribution in [0.3, 0.4) is 0 Å². The maximum absolute atomic E-state index is 15.2. The minimum absolute atomic E-state index is 0.103. The zero-order valence-electron chi connectivity index (χ0n) is 13.7. The highest BCUT2D eigenvalue weighted by atomic mass is 127. The molecule has 1 aliphatic rings. The van der Waals surface area contributed by atoms with E-state index in [0.29, 0.717) is 5.56 Å². The van der Waals surface area contributed by atoms with Crippen LogP contribution in [0.4, 0.5) is 8.78 Å². The number of nitrogens with zero attached hydrogens (tertiary/aromatic N) is 2. The third kappa shape index (κ3) is 2.77. The second-order valence-corrected chi connectivity index (χ2v) is 8.16. The molecule has 1 fully saturated rings. The lowest BCUT2D eigenvalue weighted by atomic mass is 9.91. The molecule has 0 saturated carbocycles. The molecule has 0 unspecified atom stereocenters. The smallest absolute Gasteiger partial charge is 0.244 e. The Morgan fingerprint density at radius 1 is 1.46 bits per heavy atom. The number of carbonyl (C=O) groups is 1. The van der Waals surface area contributed by atoms with E-state index in [2.05, 4.69) is 5.32 Å². The van der Waals surface area contributed by atoms with Gasteiger partial charge in [0, 0.05) is 18.0 Å². The zero-order chi connectivity index (χ0) is 19.2. The summed E-state index contributed by atoms with van der Waals surface area (Å²) >= 11 is 3.06. The third-order valence-electron chi connectivity index (χ3n) is 4.37. The molecular formula is C17H13F2IN4OS. The van der Waals surface area contributed by atoms with E-state index >= 15 is 4.39 Å². The molecule has 2 N–H and O–H groups in total. The molecule has 1 aromatic carbocycles. The Morgan fingerprint density at radius 3 is 2.81 bits per heavy atom. The fourth-order valence-corrected chi connectivity index (χ4v) is 4.96. The number of alkyl halides is 1. The van der Waals surface area contributed by atoms with Gasteiger partial charge in [0.15, 0.2) is 5.96 Å². The van der Waals surface area contributed by atoms with Crippen LogP contribution >= 0.6 is 33.9 Å². The van der Waals surface area contributed by atoms with Crippen LogP contribution in [-0.2, 0) is 10.3 Å². The number of thiophene rings is 1. The van der Waals surface area contributed by atoms with Gasteiger partial charge in [0.05, 0.1) is 16.0 Å². The van der Waals surface area contributed by atoms with Gasteiger partial charge in [-0.1, -0.05) is 28.7 Å². The van der Waals surface area contributed by atoms with Crippen LogP contribution in [-0.4, -0.2) is 27.7 Å². The summed E-state index contributed by atoms with van der Waals surface area (Å²) in [4.78, 5) is 13.8. The largest absolute Gasteiger partial charge is 0.344 e. The summed E-state index contributed by atoms with van der Waals surface area (Å²) in [5.74, 6) is -1.61. The Labute approximate surface area is 166 Å². The third-order valence-corrected chi connectivity index (χ3v) is 7.34. The van der Waals surface area contributed by atoms with E-state index in [1.807, 2.05) is 22.6 Å². The van der Waals surface area contributed by atoms with Crippen molar-refractivity contribution in [3.05, 3.63) is 45.7 Å². The van der Waals surface area contributed by atoms with Gasteiger partial charge in [0.2, 0.25) is 5.91 Å². The molecule has 3 rings (SSSR count). The van der Waals surface area contributed by atoms with Gasteiger partial charge in [0.1, 0.15) is 21.6 Å². The van der Waals surface area contributed by atoms with Crippen LogP contribution < -0.4 is 5.32 Å². The first kappa shape index (κ1) is 18.7. The summed E-state index contributed by atoms with van der Waals surface area (Å²) in [5.41, 5.74) is -0.647. The number of nitriles is 1. The number of benzene rings is 1. The minimum atomic E-state index is -1.09. The number of hydrogen-bond donors (Lipinski definition) is 2. The molecule has 26 heavy (non-hydrogen) atoms. The van der Waals surface area contributed by atoms with Crippen LogP contribution in [0.15, 0.2) is 23.6 Å². The molecule has 1 amide bonds. The number of carbonyl (C=O) groups excluding carboxylic acids is 1. The van der Waals surface area contributed by atoms with Crippen LogP contribution in [0.5, 0.6) is 0 Å². The molecule has 5 nitrogen and oxygen atoms in total. The van der Waals surface area contributed by atoms with Crippen LogP contribution in [0.2, 0.25) is 0 Å². The first-order valence-electron chi connectivity index (χ1n) is 7.46. The Bertz CT molecular complexity index is 970. The Balaban J connectivity index is 2.08. The molecule has 0 radical (unpaired) electrons. The van der Waals surface area contributed by atoms with Crippen molar-refractivity contribution in [3.63, 3.8) is 0 Å². The van der Waals surface area contributed by atoms with Gasteiger partial charge in [-0.15, -0.1) is 11.3 Å². The summed E-state index contributed by atoms with van der Waals surface area (Å²) in [6.07, 6.45) is 0. The fourth-order valence-electron chi connectivity index (χ4n) is 2.76. The first-order chi connectivity index (χ1) is 12.2. The van der Waals surface area contributed by atoms with Gasteiger partial charge >= 0.3 is 0 Å². The molecule has 9 heteroatoms. The van der Waals surface area contributed by atoms with E-state index in [0.717, 1.165) is 17.4 Å². The summed E-state index contributed by atoms with van der Waals surface area (Å²) in [6, 6.07) is 5.57. The molecule has 2 heterocycles. The van der Waals surface area contributed by atoms with Gasteiger partial charge in [-0.25, -0.2) is 8.78 Å². The predicted octanol–water partition coefficient (Wildman–Crippen LogP) is 3.58. The standard InChI is InChI=1S/C17H13F2IN4OS/c1-17(13(20)15(25)24(2)16(22)23-17)14-12(19)10(7-26-14)8-3-4-11(18)9(5-8)6-21/h3-5,7,13H,1-2H3,(H2,22,23)/t13-,17-/m0/s1. The highest BCUT2D eigenvalue weighted by Gasteiger charge is 2.48. The number of guanidine groups is 1. The van der Waals surface area contributed by atoms with E-state index in [4.69, 9.17) is 10.7 Å². The average molecular weight is 486 g/mol. The lowest BCUT2D eigenvalue weighted by Crippen LogP contribution is -2.64. The second kappa shape index (κ2) is 6.59. The maximum Gasteiger partial charge on any atom is 0.244 e. The van der Waals surface area contributed by atoms with Crippen LogP contribution in [0.25, 0.3) is 11.1 Å². The maximum atomic E-state index is 15.2. The number of amides is 1. The van der Waals surface area contributed by atoms with Gasteiger partial charge in [-0.2, -0.15) is 5.26 Å². The Morgan fingerprint density at radius 2 is 2.15 bits per heavy atom. The highest BCUT2D eigenvalue weighted by Crippen LogP contribution is 2.42. The quantitative estimate of drug-likeness (QED) is 0.503. The molecule has 2 atom stereocenters. The van der Waals surface area contributed by atoms with Gasteiger partial charge < -0.3 is 5.32 Å². The van der Waals surface area contributed by atoms with Crippen LogP contribution in [0.1, 0.15) is 17.4 Å². The lowest BCUT2D eigenvalue weighted by molar-refractivity contribution is -0.128. The molecule has 0 aliphatic carbocycles. The fraction of sp³-hybridized carbons (Fsp3) is 0.235. The Hall–Kier alpha value is -2.06. The molecule has 0 spiro atoms. The molecular weight excluding hydrogens is 473 g/mol. The van der Waals surface area contributed by atoms with Crippen molar-refractivity contribution < 1.29 is 13.6 Å². The molecule has 2 aromatic rings. The number of hydrogen-bond acceptors (Lipinski definition) is 4. The monoisotopic (exact) mass is 486 g/mol. The van der Waals surface area contributed by atoms with E-state index in [1.54, 1.807) is 18.4 Å². The number of nitrogens with one attached hydrogen (secondary N) is 2. The van der Waals surface area contributed by atoms with Crippen molar-refractivity contribution in [1.29, 1.82) is 10.7 Å². The lowest BCUT2D eigenvalue weighted by Gasteiger charge is -2.42.